The Balaban J connectivity index is 1.58. The number of hydrogen-bond donors (Lipinski definition) is 5. The van der Waals surface area contributed by atoms with Crippen molar-refractivity contribution in [1.82, 2.24) is 25.4 Å². The van der Waals surface area contributed by atoms with Gasteiger partial charge >= 0.3 is 0 Å². The largest absolute Gasteiger partial charge is 0.370 e. The maximum absolute atomic E-state index is 13.9. The molecule has 0 aliphatic carbocycles. The predicted molar refractivity (Wildman–Crippen MR) is 197 cm³/mol. The monoisotopic (exact) mass is 684 g/mol. The van der Waals surface area contributed by atoms with Crippen LogP contribution in [0, 0.1) is 5.82 Å². The number of carbonyl (C=O) groups is 3. The van der Waals surface area contributed by atoms with Crippen molar-refractivity contribution >= 4 is 40.3 Å². The molecule has 0 bridgehead atoms. The number of anilines is 1. The van der Waals surface area contributed by atoms with Crippen LogP contribution >= 0.6 is 0 Å². The van der Waals surface area contributed by atoms with Crippen LogP contribution in [0.3, 0.4) is 0 Å². The highest BCUT2D eigenvalue weighted by molar-refractivity contribution is 6.00. The molecule has 3 amide bonds. The normalized spacial score (nSPS) is 12.8. The molecule has 0 saturated carbocycles. The fourth-order valence-corrected chi connectivity index (χ4v) is 5.92. The minimum atomic E-state index is -0.920. The highest BCUT2D eigenvalue weighted by Gasteiger charge is 2.27. The van der Waals surface area contributed by atoms with E-state index >= 15 is 0 Å². The second kappa shape index (κ2) is 18.5. The zero-order valence-corrected chi connectivity index (χ0v) is 29.3. The summed E-state index contributed by atoms with van der Waals surface area (Å²) < 4.78 is 15.7. The van der Waals surface area contributed by atoms with Crippen molar-refractivity contribution in [2.75, 3.05) is 32.5 Å². The van der Waals surface area contributed by atoms with Gasteiger partial charge in [-0.15, -0.1) is 0 Å². The average molecular weight is 685 g/mol. The van der Waals surface area contributed by atoms with Crippen LogP contribution in [0.15, 0.2) is 84.0 Å². The van der Waals surface area contributed by atoms with Gasteiger partial charge in [0.1, 0.15) is 17.9 Å². The number of benzene rings is 3. The van der Waals surface area contributed by atoms with Gasteiger partial charge < -0.3 is 36.5 Å². The lowest BCUT2D eigenvalue weighted by atomic mass is 10.0. The second-order valence-corrected chi connectivity index (χ2v) is 12.5. The zero-order chi connectivity index (χ0) is 36.0. The van der Waals surface area contributed by atoms with Gasteiger partial charge in [-0.1, -0.05) is 49.4 Å². The number of carbonyl (C=O) groups excluding carboxylic acids is 3. The van der Waals surface area contributed by atoms with Gasteiger partial charge in [0.05, 0.1) is 0 Å². The summed E-state index contributed by atoms with van der Waals surface area (Å²) in [5.41, 5.74) is 10.2. The number of amides is 3. The average Bonchev–Trinajstić information content (AvgIpc) is 3.42. The van der Waals surface area contributed by atoms with Crippen molar-refractivity contribution in [3.8, 4) is 0 Å². The number of guanidine groups is 1. The molecule has 0 radical (unpaired) electrons. The van der Waals surface area contributed by atoms with Crippen molar-refractivity contribution in [1.29, 1.82) is 0 Å². The van der Waals surface area contributed by atoms with E-state index in [-0.39, 0.29) is 30.0 Å². The van der Waals surface area contributed by atoms with Crippen molar-refractivity contribution < 1.29 is 18.8 Å². The molecule has 0 saturated heterocycles. The van der Waals surface area contributed by atoms with E-state index < -0.39 is 18.0 Å². The van der Waals surface area contributed by atoms with Crippen LogP contribution in [0.2, 0.25) is 0 Å². The first-order chi connectivity index (χ1) is 24.1. The first kappa shape index (κ1) is 37.6. The molecule has 0 spiro atoms. The first-order valence-corrected chi connectivity index (χ1v) is 17.0. The molecule has 2 atom stereocenters. The highest BCUT2D eigenvalue weighted by atomic mass is 19.1. The van der Waals surface area contributed by atoms with Crippen LogP contribution in [0.5, 0.6) is 0 Å². The summed E-state index contributed by atoms with van der Waals surface area (Å²) in [5.74, 6) is -1.18. The number of nitrogens with two attached hydrogens (primary N) is 1. The van der Waals surface area contributed by atoms with Gasteiger partial charge in [0.15, 0.2) is 5.96 Å². The molecular formula is C38H49FN8O3. The van der Waals surface area contributed by atoms with E-state index in [1.165, 1.54) is 19.1 Å². The minimum absolute atomic E-state index is 0.250. The molecule has 12 heteroatoms. The Morgan fingerprint density at radius 2 is 1.70 bits per heavy atom. The number of aliphatic imine (C=N–C) groups is 1. The number of rotatable bonds is 17. The molecular weight excluding hydrogens is 635 g/mol. The lowest BCUT2D eigenvalue weighted by Crippen LogP contribution is -2.53. The van der Waals surface area contributed by atoms with E-state index in [1.54, 1.807) is 19.2 Å². The summed E-state index contributed by atoms with van der Waals surface area (Å²) in [5, 5.41) is 12.6. The molecule has 11 nitrogen and oxygen atoms in total. The fraction of sp³-hybridized carbons (Fsp3) is 0.368. The SMILES string of the molecule is CCCN(C)Cc1cn(Cc2ccc(F)cc2)c2ccc(NC(=O)[C@H](Cc3ccccc3)NC(=O)[C@H](CCCNC(N)=NC)NC(C)=O)cc12. The molecule has 1 aromatic heterocycles. The second-order valence-electron chi connectivity index (χ2n) is 12.5. The van der Waals surface area contributed by atoms with Gasteiger partial charge in [-0.25, -0.2) is 4.39 Å². The van der Waals surface area contributed by atoms with Gasteiger partial charge in [0.2, 0.25) is 17.7 Å². The molecule has 3 aromatic carbocycles. The van der Waals surface area contributed by atoms with Gasteiger partial charge in [-0.3, -0.25) is 19.4 Å². The summed E-state index contributed by atoms with van der Waals surface area (Å²) >= 11 is 0. The molecule has 0 aliphatic rings. The van der Waals surface area contributed by atoms with E-state index in [0.29, 0.717) is 38.2 Å². The van der Waals surface area contributed by atoms with Gasteiger partial charge in [-0.05, 0) is 79.9 Å². The fourth-order valence-electron chi connectivity index (χ4n) is 5.92. The summed E-state index contributed by atoms with van der Waals surface area (Å²) in [6.07, 6.45) is 4.24. The third kappa shape index (κ3) is 11.2. The molecule has 4 aromatic rings. The van der Waals surface area contributed by atoms with Crippen LogP contribution in [0.4, 0.5) is 10.1 Å². The molecule has 0 unspecified atom stereocenters. The van der Waals surface area contributed by atoms with Gasteiger partial charge in [-0.2, -0.15) is 0 Å². The summed E-state index contributed by atoms with van der Waals surface area (Å²) in [6.45, 7) is 6.16. The molecule has 6 N–H and O–H groups in total. The first-order valence-electron chi connectivity index (χ1n) is 17.0. The molecule has 50 heavy (non-hydrogen) atoms. The third-order valence-corrected chi connectivity index (χ3v) is 8.37. The number of aromatic nitrogens is 1. The number of nitrogens with one attached hydrogen (secondary N) is 4. The molecule has 1 heterocycles. The highest BCUT2D eigenvalue weighted by Crippen LogP contribution is 2.27. The van der Waals surface area contributed by atoms with Gasteiger partial charge in [0.25, 0.3) is 0 Å². The standard InChI is InChI=1S/C38H49FN8O3/c1-5-20-46(4)24-29-25-47(23-28-13-15-30(39)16-14-28)35-18-17-31(22-32(29)35)44-37(50)34(21-27-10-7-6-8-11-27)45-36(49)33(43-26(2)48)12-9-19-42-38(40)41-3/h6-8,10-11,13-18,22,25,33-34H,5,9,12,19-21,23-24H2,1-4H3,(H,43,48)(H,44,50)(H,45,49)(H3,40,41,42)/t33-,34-/m0/s1. The van der Waals surface area contributed by atoms with Crippen LogP contribution in [0.1, 0.15) is 49.8 Å². The van der Waals surface area contributed by atoms with Crippen molar-refractivity contribution in [3.63, 3.8) is 0 Å². The van der Waals surface area contributed by atoms with Crippen LogP contribution < -0.4 is 27.0 Å². The molecule has 0 aliphatic heterocycles. The number of halogens is 1. The van der Waals surface area contributed by atoms with E-state index in [0.717, 1.165) is 40.6 Å². The van der Waals surface area contributed by atoms with Crippen molar-refractivity contribution in [2.45, 2.75) is 64.7 Å². The van der Waals surface area contributed by atoms with Crippen molar-refractivity contribution in [2.24, 2.45) is 10.7 Å². The summed E-state index contributed by atoms with van der Waals surface area (Å²) in [7, 11) is 3.65. The van der Waals surface area contributed by atoms with Crippen molar-refractivity contribution in [3.05, 3.63) is 102 Å². The van der Waals surface area contributed by atoms with E-state index in [4.69, 9.17) is 5.73 Å². The van der Waals surface area contributed by atoms with E-state index in [9.17, 15) is 18.8 Å². The van der Waals surface area contributed by atoms with Gasteiger partial charge in [0, 0.05) is 62.8 Å². The van der Waals surface area contributed by atoms with Crippen LogP contribution in [-0.2, 0) is 33.9 Å². The smallest absolute Gasteiger partial charge is 0.247 e. The molecule has 0 fully saturated rings. The third-order valence-electron chi connectivity index (χ3n) is 8.37. The Labute approximate surface area is 293 Å². The molecule has 266 valence electrons. The predicted octanol–water partition coefficient (Wildman–Crippen LogP) is 4.16. The summed E-state index contributed by atoms with van der Waals surface area (Å²) in [6, 6.07) is 20.0. The lowest BCUT2D eigenvalue weighted by molar-refractivity contribution is -0.130. The Hall–Kier alpha value is -5.23. The Morgan fingerprint density at radius 1 is 0.960 bits per heavy atom. The summed E-state index contributed by atoms with van der Waals surface area (Å²) in [4.78, 5) is 45.6. The Morgan fingerprint density at radius 3 is 2.38 bits per heavy atom. The van der Waals surface area contributed by atoms with E-state index in [1.807, 2.05) is 48.5 Å². The minimum Gasteiger partial charge on any atom is -0.370 e. The Kier molecular flexibility index (Phi) is 13.9. The van der Waals surface area contributed by atoms with Crippen LogP contribution in [-0.4, -0.2) is 72.4 Å². The Bertz CT molecular complexity index is 1760. The quantitative estimate of drug-likeness (QED) is 0.0642. The number of hydrogen-bond acceptors (Lipinski definition) is 5. The van der Waals surface area contributed by atoms with Crippen LogP contribution in [0.25, 0.3) is 10.9 Å². The maximum Gasteiger partial charge on any atom is 0.247 e. The topological polar surface area (TPSA) is 146 Å². The maximum atomic E-state index is 13.9. The van der Waals surface area contributed by atoms with E-state index in [2.05, 4.69) is 55.9 Å². The molecule has 4 rings (SSSR count). The number of fused-ring (bicyclic) bond motifs is 1. The zero-order valence-electron chi connectivity index (χ0n) is 29.3. The lowest BCUT2D eigenvalue weighted by Gasteiger charge is -2.23. The number of nitrogens with zero attached hydrogens (tertiary/aromatic N) is 3.